The molecule has 1 aromatic rings. The van der Waals surface area contributed by atoms with Crippen LogP contribution < -0.4 is 0 Å². The maximum Gasteiger partial charge on any atom is 0.0798 e. The van der Waals surface area contributed by atoms with Crippen molar-refractivity contribution in [3.8, 4) is 0 Å². The summed E-state index contributed by atoms with van der Waals surface area (Å²) in [5, 5.41) is 0. The summed E-state index contributed by atoms with van der Waals surface area (Å²) >= 11 is 1.83. The highest BCUT2D eigenvalue weighted by molar-refractivity contribution is 7.09. The lowest BCUT2D eigenvalue weighted by molar-refractivity contribution is 0.216. The Morgan fingerprint density at radius 2 is 2.27 bits per heavy atom. The summed E-state index contributed by atoms with van der Waals surface area (Å²) in [5.41, 5.74) is 3.37. The SMILES string of the molecule is c1nc2c(s1)CN(CC1CCCC1)CC2. The quantitative estimate of drug-likeness (QED) is 0.765. The van der Waals surface area contributed by atoms with Gasteiger partial charge in [-0.1, -0.05) is 12.8 Å². The van der Waals surface area contributed by atoms with E-state index in [2.05, 4.69) is 9.88 Å². The van der Waals surface area contributed by atoms with Crippen molar-refractivity contribution in [1.29, 1.82) is 0 Å². The van der Waals surface area contributed by atoms with Gasteiger partial charge in [-0.3, -0.25) is 4.90 Å². The average molecular weight is 222 g/mol. The third kappa shape index (κ3) is 2.08. The summed E-state index contributed by atoms with van der Waals surface area (Å²) in [4.78, 5) is 8.56. The van der Waals surface area contributed by atoms with Gasteiger partial charge in [0, 0.05) is 30.9 Å². The molecule has 82 valence electrons. The molecule has 1 fully saturated rings. The fraction of sp³-hybridized carbons (Fsp3) is 0.750. The van der Waals surface area contributed by atoms with Crippen LogP contribution in [0.3, 0.4) is 0 Å². The van der Waals surface area contributed by atoms with Crippen molar-refractivity contribution in [3.63, 3.8) is 0 Å². The van der Waals surface area contributed by atoms with E-state index in [1.807, 2.05) is 16.8 Å². The van der Waals surface area contributed by atoms with Crippen LogP contribution in [0, 0.1) is 5.92 Å². The highest BCUT2D eigenvalue weighted by atomic mass is 32.1. The number of nitrogens with zero attached hydrogens (tertiary/aromatic N) is 2. The number of fused-ring (bicyclic) bond motifs is 1. The van der Waals surface area contributed by atoms with E-state index in [0.29, 0.717) is 0 Å². The summed E-state index contributed by atoms with van der Waals surface area (Å²) in [7, 11) is 0. The van der Waals surface area contributed by atoms with Gasteiger partial charge in [-0.05, 0) is 18.8 Å². The monoisotopic (exact) mass is 222 g/mol. The molecule has 0 bridgehead atoms. The Labute approximate surface area is 95.3 Å². The maximum atomic E-state index is 4.41. The minimum absolute atomic E-state index is 0.986. The zero-order valence-corrected chi connectivity index (χ0v) is 9.93. The third-order valence-electron chi connectivity index (χ3n) is 3.75. The minimum Gasteiger partial charge on any atom is -0.298 e. The van der Waals surface area contributed by atoms with Gasteiger partial charge in [0.2, 0.25) is 0 Å². The number of aromatic nitrogens is 1. The van der Waals surface area contributed by atoms with Crippen LogP contribution in [0.5, 0.6) is 0 Å². The maximum absolute atomic E-state index is 4.41. The minimum atomic E-state index is 0.986. The molecule has 0 radical (unpaired) electrons. The van der Waals surface area contributed by atoms with Crippen molar-refractivity contribution in [2.45, 2.75) is 38.6 Å². The van der Waals surface area contributed by atoms with E-state index < -0.39 is 0 Å². The third-order valence-corrected chi connectivity index (χ3v) is 4.61. The molecule has 1 aliphatic heterocycles. The standard InChI is InChI=1S/C12H18N2S/c1-2-4-10(3-1)7-14-6-5-11-12(8-14)15-9-13-11/h9-10H,1-8H2. The van der Waals surface area contributed by atoms with Gasteiger partial charge in [-0.15, -0.1) is 11.3 Å². The molecule has 2 nitrogen and oxygen atoms in total. The molecule has 0 spiro atoms. The highest BCUT2D eigenvalue weighted by Crippen LogP contribution is 2.28. The molecule has 0 N–H and O–H groups in total. The first kappa shape index (κ1) is 9.79. The van der Waals surface area contributed by atoms with Crippen LogP contribution in [0.15, 0.2) is 5.51 Å². The Bertz CT molecular complexity index is 328. The molecule has 1 saturated carbocycles. The predicted molar refractivity (Wildman–Crippen MR) is 63.1 cm³/mol. The molecule has 1 aliphatic carbocycles. The zero-order chi connectivity index (χ0) is 10.1. The topological polar surface area (TPSA) is 16.1 Å². The van der Waals surface area contributed by atoms with Gasteiger partial charge in [0.1, 0.15) is 0 Å². The molecule has 0 atom stereocenters. The Morgan fingerprint density at radius 1 is 1.40 bits per heavy atom. The normalized spacial score (nSPS) is 23.2. The Balaban J connectivity index is 1.61. The lowest BCUT2D eigenvalue weighted by Crippen LogP contribution is -2.33. The molecule has 0 amide bonds. The van der Waals surface area contributed by atoms with E-state index in [1.165, 1.54) is 55.8 Å². The molecular formula is C12H18N2S. The number of thiazole rings is 1. The zero-order valence-electron chi connectivity index (χ0n) is 9.11. The number of hydrogen-bond acceptors (Lipinski definition) is 3. The molecule has 15 heavy (non-hydrogen) atoms. The summed E-state index contributed by atoms with van der Waals surface area (Å²) < 4.78 is 0. The van der Waals surface area contributed by atoms with Gasteiger partial charge in [0.15, 0.2) is 0 Å². The largest absolute Gasteiger partial charge is 0.298 e. The van der Waals surface area contributed by atoms with E-state index in [9.17, 15) is 0 Å². The molecule has 3 rings (SSSR count). The van der Waals surface area contributed by atoms with Crippen LogP contribution in [0.4, 0.5) is 0 Å². The van der Waals surface area contributed by atoms with Crippen molar-refractivity contribution in [3.05, 3.63) is 16.1 Å². The first-order chi connectivity index (χ1) is 7.42. The molecule has 1 aromatic heterocycles. The summed E-state index contributed by atoms with van der Waals surface area (Å²) in [6.45, 7) is 3.72. The van der Waals surface area contributed by atoms with E-state index in [-0.39, 0.29) is 0 Å². The predicted octanol–water partition coefficient (Wildman–Crippen LogP) is 2.69. The van der Waals surface area contributed by atoms with Gasteiger partial charge in [0.05, 0.1) is 11.2 Å². The Kier molecular flexibility index (Phi) is 2.76. The fourth-order valence-corrected chi connectivity index (χ4v) is 3.74. The molecule has 2 heterocycles. The lowest BCUT2D eigenvalue weighted by atomic mass is 10.1. The number of rotatable bonds is 2. The molecule has 0 aromatic carbocycles. The van der Waals surface area contributed by atoms with Gasteiger partial charge >= 0.3 is 0 Å². The summed E-state index contributed by atoms with van der Waals surface area (Å²) in [6, 6.07) is 0. The van der Waals surface area contributed by atoms with Crippen LogP contribution in [0.1, 0.15) is 36.3 Å². The van der Waals surface area contributed by atoms with Crippen LogP contribution in [-0.2, 0) is 13.0 Å². The smallest absolute Gasteiger partial charge is 0.0798 e. The van der Waals surface area contributed by atoms with E-state index in [4.69, 9.17) is 0 Å². The van der Waals surface area contributed by atoms with E-state index >= 15 is 0 Å². The van der Waals surface area contributed by atoms with Crippen LogP contribution >= 0.6 is 11.3 Å². The Morgan fingerprint density at radius 3 is 3.13 bits per heavy atom. The second-order valence-corrected chi connectivity index (χ2v) is 5.80. The molecule has 2 aliphatic rings. The van der Waals surface area contributed by atoms with Crippen molar-refractivity contribution in [2.75, 3.05) is 13.1 Å². The highest BCUT2D eigenvalue weighted by Gasteiger charge is 2.22. The van der Waals surface area contributed by atoms with Gasteiger partial charge in [-0.2, -0.15) is 0 Å². The van der Waals surface area contributed by atoms with Gasteiger partial charge < -0.3 is 0 Å². The summed E-state index contributed by atoms with van der Waals surface area (Å²) in [5.74, 6) is 0.986. The molecule has 0 saturated heterocycles. The second kappa shape index (κ2) is 4.22. The Hall–Kier alpha value is -0.410. The first-order valence-electron chi connectivity index (χ1n) is 6.05. The lowest BCUT2D eigenvalue weighted by Gasteiger charge is -2.28. The molecular weight excluding hydrogens is 204 g/mol. The van der Waals surface area contributed by atoms with Crippen molar-refractivity contribution in [1.82, 2.24) is 9.88 Å². The van der Waals surface area contributed by atoms with Gasteiger partial charge in [-0.25, -0.2) is 4.98 Å². The van der Waals surface area contributed by atoms with Crippen molar-refractivity contribution >= 4 is 11.3 Å². The average Bonchev–Trinajstić information content (AvgIpc) is 2.87. The van der Waals surface area contributed by atoms with Crippen LogP contribution in [0.25, 0.3) is 0 Å². The summed E-state index contributed by atoms with van der Waals surface area (Å²) in [6.07, 6.45) is 7.03. The second-order valence-electron chi connectivity index (χ2n) is 4.86. The number of hydrogen-bond donors (Lipinski definition) is 0. The van der Waals surface area contributed by atoms with Crippen molar-refractivity contribution < 1.29 is 0 Å². The first-order valence-corrected chi connectivity index (χ1v) is 6.93. The molecule has 0 unspecified atom stereocenters. The fourth-order valence-electron chi connectivity index (χ4n) is 2.89. The molecule has 3 heteroatoms. The van der Waals surface area contributed by atoms with Crippen LogP contribution in [-0.4, -0.2) is 23.0 Å². The van der Waals surface area contributed by atoms with E-state index in [1.54, 1.807) is 0 Å². The van der Waals surface area contributed by atoms with Crippen molar-refractivity contribution in [2.24, 2.45) is 5.92 Å². The van der Waals surface area contributed by atoms with E-state index in [0.717, 1.165) is 12.5 Å². The van der Waals surface area contributed by atoms with Crippen LogP contribution in [0.2, 0.25) is 0 Å². The van der Waals surface area contributed by atoms with Gasteiger partial charge in [0.25, 0.3) is 0 Å².